The Hall–Kier alpha value is -1.10. The van der Waals surface area contributed by atoms with E-state index in [1.807, 2.05) is 24.3 Å². The predicted molar refractivity (Wildman–Crippen MR) is 69.5 cm³/mol. The monoisotopic (exact) mass is 251 g/mol. The number of hydrogen-bond donors (Lipinski definition) is 3. The lowest BCUT2D eigenvalue weighted by atomic mass is 10.0. The summed E-state index contributed by atoms with van der Waals surface area (Å²) < 4.78 is 5.95. The summed E-state index contributed by atoms with van der Waals surface area (Å²) in [4.78, 5) is 0. The summed E-state index contributed by atoms with van der Waals surface area (Å²) in [6.07, 6.45) is 2.98. The van der Waals surface area contributed by atoms with Crippen molar-refractivity contribution in [3.8, 4) is 5.75 Å². The first kappa shape index (κ1) is 13.3. The Morgan fingerprint density at radius 3 is 2.78 bits per heavy atom. The molecule has 1 fully saturated rings. The van der Waals surface area contributed by atoms with Crippen LogP contribution in [0.15, 0.2) is 24.3 Å². The van der Waals surface area contributed by atoms with E-state index in [0.717, 1.165) is 24.2 Å². The zero-order valence-electron chi connectivity index (χ0n) is 10.5. The number of aliphatic hydroxyl groups is 2. The Labute approximate surface area is 107 Å². The van der Waals surface area contributed by atoms with Gasteiger partial charge in [0, 0.05) is 18.6 Å². The molecule has 18 heavy (non-hydrogen) atoms. The molecule has 1 aliphatic rings. The molecule has 1 aliphatic carbocycles. The van der Waals surface area contributed by atoms with Gasteiger partial charge in [-0.25, -0.2) is 0 Å². The van der Waals surface area contributed by atoms with Crippen molar-refractivity contribution >= 4 is 0 Å². The molecule has 0 radical (unpaired) electrons. The number of para-hydroxylation sites is 1. The van der Waals surface area contributed by atoms with Gasteiger partial charge in [0.15, 0.2) is 0 Å². The van der Waals surface area contributed by atoms with Crippen molar-refractivity contribution in [2.75, 3.05) is 13.2 Å². The summed E-state index contributed by atoms with van der Waals surface area (Å²) in [5, 5.41) is 18.3. The van der Waals surface area contributed by atoms with Crippen LogP contribution < -0.4 is 10.5 Å². The molecule has 0 heterocycles. The van der Waals surface area contributed by atoms with Gasteiger partial charge in [0.1, 0.15) is 11.9 Å². The molecule has 0 aliphatic heterocycles. The SMILES string of the molecule is NC1(CO)CCC(Oc2ccccc2CCO)C1. The smallest absolute Gasteiger partial charge is 0.122 e. The van der Waals surface area contributed by atoms with Crippen LogP contribution in [0, 0.1) is 0 Å². The maximum atomic E-state index is 9.23. The number of rotatable bonds is 5. The van der Waals surface area contributed by atoms with Crippen molar-refractivity contribution in [1.82, 2.24) is 0 Å². The molecule has 0 aromatic heterocycles. The highest BCUT2D eigenvalue weighted by atomic mass is 16.5. The second-order valence-corrected chi connectivity index (χ2v) is 5.08. The highest BCUT2D eigenvalue weighted by Gasteiger charge is 2.36. The van der Waals surface area contributed by atoms with Crippen molar-refractivity contribution in [2.45, 2.75) is 37.3 Å². The summed E-state index contributed by atoms with van der Waals surface area (Å²) in [5.41, 5.74) is 6.55. The van der Waals surface area contributed by atoms with Crippen LogP contribution in [-0.2, 0) is 6.42 Å². The van der Waals surface area contributed by atoms with Crippen LogP contribution in [0.2, 0.25) is 0 Å². The summed E-state index contributed by atoms with van der Waals surface area (Å²) in [6, 6.07) is 7.74. The van der Waals surface area contributed by atoms with Crippen LogP contribution in [0.4, 0.5) is 0 Å². The molecule has 1 saturated carbocycles. The molecule has 0 spiro atoms. The van der Waals surface area contributed by atoms with Gasteiger partial charge in [0.2, 0.25) is 0 Å². The van der Waals surface area contributed by atoms with Gasteiger partial charge >= 0.3 is 0 Å². The van der Waals surface area contributed by atoms with Crippen molar-refractivity contribution in [3.63, 3.8) is 0 Å². The fraction of sp³-hybridized carbons (Fsp3) is 0.571. The molecule has 1 aromatic rings. The van der Waals surface area contributed by atoms with Gasteiger partial charge in [-0.05, 0) is 30.9 Å². The Morgan fingerprint density at radius 2 is 2.11 bits per heavy atom. The van der Waals surface area contributed by atoms with E-state index in [4.69, 9.17) is 15.6 Å². The topological polar surface area (TPSA) is 75.7 Å². The number of hydrogen-bond acceptors (Lipinski definition) is 4. The Balaban J connectivity index is 2.02. The first-order chi connectivity index (χ1) is 8.67. The number of aliphatic hydroxyl groups excluding tert-OH is 2. The van der Waals surface area contributed by atoms with Crippen LogP contribution in [-0.4, -0.2) is 35.1 Å². The first-order valence-corrected chi connectivity index (χ1v) is 6.42. The van der Waals surface area contributed by atoms with Crippen molar-refractivity contribution < 1.29 is 14.9 Å². The zero-order chi connectivity index (χ0) is 13.0. The lowest BCUT2D eigenvalue weighted by Gasteiger charge is -2.21. The van der Waals surface area contributed by atoms with Crippen LogP contribution >= 0.6 is 0 Å². The molecule has 100 valence electrons. The van der Waals surface area contributed by atoms with E-state index in [-0.39, 0.29) is 19.3 Å². The largest absolute Gasteiger partial charge is 0.490 e. The molecular weight excluding hydrogens is 230 g/mol. The van der Waals surface area contributed by atoms with E-state index < -0.39 is 5.54 Å². The number of nitrogens with two attached hydrogens (primary N) is 1. The van der Waals surface area contributed by atoms with E-state index >= 15 is 0 Å². The summed E-state index contributed by atoms with van der Waals surface area (Å²) >= 11 is 0. The van der Waals surface area contributed by atoms with E-state index in [1.165, 1.54) is 0 Å². The van der Waals surface area contributed by atoms with E-state index in [2.05, 4.69) is 0 Å². The van der Waals surface area contributed by atoms with Crippen LogP contribution in [0.3, 0.4) is 0 Å². The molecular formula is C14H21NO3. The maximum Gasteiger partial charge on any atom is 0.122 e. The van der Waals surface area contributed by atoms with Gasteiger partial charge in [-0.2, -0.15) is 0 Å². The molecule has 4 N–H and O–H groups in total. The van der Waals surface area contributed by atoms with Gasteiger partial charge in [-0.15, -0.1) is 0 Å². The van der Waals surface area contributed by atoms with Crippen LogP contribution in [0.1, 0.15) is 24.8 Å². The third-order valence-electron chi connectivity index (χ3n) is 3.56. The first-order valence-electron chi connectivity index (χ1n) is 6.42. The normalized spacial score (nSPS) is 27.4. The van der Waals surface area contributed by atoms with Crippen LogP contribution in [0.25, 0.3) is 0 Å². The zero-order valence-corrected chi connectivity index (χ0v) is 10.5. The van der Waals surface area contributed by atoms with Crippen molar-refractivity contribution in [3.05, 3.63) is 29.8 Å². The van der Waals surface area contributed by atoms with Gasteiger partial charge < -0.3 is 20.7 Å². The lowest BCUT2D eigenvalue weighted by Crippen LogP contribution is -2.41. The number of benzene rings is 1. The minimum Gasteiger partial charge on any atom is -0.490 e. The third kappa shape index (κ3) is 3.02. The van der Waals surface area contributed by atoms with E-state index in [0.29, 0.717) is 12.8 Å². The third-order valence-corrected chi connectivity index (χ3v) is 3.56. The Morgan fingerprint density at radius 1 is 1.33 bits per heavy atom. The minimum atomic E-state index is -0.489. The predicted octanol–water partition coefficient (Wildman–Crippen LogP) is 0.842. The molecule has 4 heteroatoms. The average Bonchev–Trinajstić information content (AvgIpc) is 2.75. The molecule has 0 bridgehead atoms. The van der Waals surface area contributed by atoms with E-state index in [1.54, 1.807) is 0 Å². The van der Waals surface area contributed by atoms with E-state index in [9.17, 15) is 5.11 Å². The van der Waals surface area contributed by atoms with Gasteiger partial charge in [0.25, 0.3) is 0 Å². The highest BCUT2D eigenvalue weighted by Crippen LogP contribution is 2.31. The van der Waals surface area contributed by atoms with Gasteiger partial charge in [-0.1, -0.05) is 18.2 Å². The fourth-order valence-corrected chi connectivity index (χ4v) is 2.48. The fourth-order valence-electron chi connectivity index (χ4n) is 2.48. The molecule has 2 unspecified atom stereocenters. The molecule has 0 saturated heterocycles. The molecule has 2 atom stereocenters. The average molecular weight is 251 g/mol. The highest BCUT2D eigenvalue weighted by molar-refractivity contribution is 5.33. The minimum absolute atomic E-state index is 0.00511. The van der Waals surface area contributed by atoms with Crippen LogP contribution in [0.5, 0.6) is 5.75 Å². The number of ether oxygens (including phenoxy) is 1. The second kappa shape index (κ2) is 5.69. The standard InChI is InChI=1S/C14H21NO3/c15-14(10-17)7-5-12(9-14)18-13-4-2-1-3-11(13)6-8-16/h1-4,12,16-17H,5-10,15H2. The molecule has 1 aromatic carbocycles. The maximum absolute atomic E-state index is 9.23. The molecule has 4 nitrogen and oxygen atoms in total. The quantitative estimate of drug-likeness (QED) is 0.725. The Bertz CT molecular complexity index is 396. The summed E-state index contributed by atoms with van der Waals surface area (Å²) in [6.45, 7) is 0.119. The van der Waals surface area contributed by atoms with Crippen molar-refractivity contribution in [2.24, 2.45) is 5.73 Å². The van der Waals surface area contributed by atoms with Gasteiger partial charge in [0.05, 0.1) is 6.61 Å². The van der Waals surface area contributed by atoms with Gasteiger partial charge in [-0.3, -0.25) is 0 Å². The molecule has 2 rings (SSSR count). The Kier molecular flexibility index (Phi) is 4.22. The van der Waals surface area contributed by atoms with Crippen molar-refractivity contribution in [1.29, 1.82) is 0 Å². The second-order valence-electron chi connectivity index (χ2n) is 5.08. The lowest BCUT2D eigenvalue weighted by molar-refractivity contribution is 0.164. The molecule has 0 amide bonds. The summed E-state index contributed by atoms with van der Waals surface area (Å²) in [7, 11) is 0. The summed E-state index contributed by atoms with van der Waals surface area (Å²) in [5.74, 6) is 0.818.